The largest absolute Gasteiger partial charge is 0.378 e. The molecule has 31 heavy (non-hydrogen) atoms. The average Bonchev–Trinajstić information content (AvgIpc) is 2.79. The molecule has 5 rings (SSSR count). The van der Waals surface area contributed by atoms with Gasteiger partial charge < -0.3 is 10.1 Å². The molecule has 0 amide bonds. The summed E-state index contributed by atoms with van der Waals surface area (Å²) in [5, 5.41) is 12.4. The van der Waals surface area contributed by atoms with Crippen molar-refractivity contribution >= 4 is 11.6 Å². The lowest BCUT2D eigenvalue weighted by Gasteiger charge is -2.45. The second kappa shape index (κ2) is 8.80. The number of anilines is 2. The highest BCUT2D eigenvalue weighted by molar-refractivity contribution is 5.60. The molecule has 1 N–H and O–H groups in total. The molecule has 1 aromatic heterocycles. The van der Waals surface area contributed by atoms with Crippen LogP contribution in [0.3, 0.4) is 0 Å². The lowest BCUT2D eigenvalue weighted by atomic mass is 9.93. The molecule has 2 fully saturated rings. The molecule has 7 heteroatoms. The van der Waals surface area contributed by atoms with Crippen molar-refractivity contribution in [2.45, 2.75) is 31.3 Å². The highest BCUT2D eigenvalue weighted by atomic mass is 16.5. The monoisotopic (exact) mass is 412 g/mol. The summed E-state index contributed by atoms with van der Waals surface area (Å²) >= 11 is 0. The van der Waals surface area contributed by atoms with E-state index < -0.39 is 0 Å². The van der Waals surface area contributed by atoms with Crippen LogP contribution in [0.2, 0.25) is 0 Å². The summed E-state index contributed by atoms with van der Waals surface area (Å²) in [6.45, 7) is 2.86. The van der Waals surface area contributed by atoms with Gasteiger partial charge in [-0.1, -0.05) is 30.7 Å². The third kappa shape index (κ3) is 4.26. The molecule has 3 aromatic rings. The van der Waals surface area contributed by atoms with E-state index in [1.165, 1.54) is 31.2 Å². The molecular weight excluding hydrogens is 388 g/mol. The van der Waals surface area contributed by atoms with Gasteiger partial charge in [0.25, 0.3) is 0 Å². The van der Waals surface area contributed by atoms with Crippen LogP contribution >= 0.6 is 0 Å². The Balaban J connectivity index is 1.31. The van der Waals surface area contributed by atoms with E-state index in [2.05, 4.69) is 55.5 Å². The molecule has 3 heterocycles. The van der Waals surface area contributed by atoms with E-state index in [-0.39, 0.29) is 0 Å². The van der Waals surface area contributed by atoms with Crippen molar-refractivity contribution in [1.29, 1.82) is 5.26 Å². The first kappa shape index (κ1) is 19.6. The molecule has 156 valence electrons. The molecule has 2 aliphatic rings. The Morgan fingerprint density at radius 3 is 2.71 bits per heavy atom. The molecule has 2 aliphatic heterocycles. The van der Waals surface area contributed by atoms with E-state index in [0.29, 0.717) is 29.4 Å². The number of ether oxygens (including phenoxy) is 1. The molecule has 1 atom stereocenters. The van der Waals surface area contributed by atoms with Gasteiger partial charge >= 0.3 is 0 Å². The second-order valence-corrected chi connectivity index (χ2v) is 8.01. The lowest BCUT2D eigenvalue weighted by molar-refractivity contribution is -0.0880. The van der Waals surface area contributed by atoms with Gasteiger partial charge in [0.15, 0.2) is 5.82 Å². The Bertz CT molecular complexity index is 1090. The van der Waals surface area contributed by atoms with Crippen LogP contribution in [0.15, 0.2) is 54.9 Å². The Morgan fingerprint density at radius 2 is 1.94 bits per heavy atom. The number of likely N-dealkylation sites (tertiary alicyclic amines) is 1. The van der Waals surface area contributed by atoms with Gasteiger partial charge in [-0.25, -0.2) is 9.97 Å². The fourth-order valence-corrected chi connectivity index (χ4v) is 4.30. The fraction of sp³-hybridized carbons (Fsp3) is 0.333. The van der Waals surface area contributed by atoms with Gasteiger partial charge in [-0.05, 0) is 49.2 Å². The molecule has 2 saturated heterocycles. The van der Waals surface area contributed by atoms with Gasteiger partial charge in [-0.15, -0.1) is 0 Å². The number of hydrogen-bond donors (Lipinski definition) is 1. The SMILES string of the molecule is N#Cc1cccc(-c2ncnc(Nc3ccc(C4CCCCN4C4COC4)cc3)n2)c1. The van der Waals surface area contributed by atoms with E-state index in [1.807, 2.05) is 12.1 Å². The first-order chi connectivity index (χ1) is 15.3. The number of hydrogen-bond acceptors (Lipinski definition) is 7. The van der Waals surface area contributed by atoms with Gasteiger partial charge in [0.05, 0.1) is 30.9 Å². The number of nitrogens with zero attached hydrogens (tertiary/aromatic N) is 5. The Hall–Kier alpha value is -3.34. The zero-order valence-corrected chi connectivity index (χ0v) is 17.2. The van der Waals surface area contributed by atoms with Gasteiger partial charge in [0.2, 0.25) is 5.95 Å². The zero-order chi connectivity index (χ0) is 21.0. The summed E-state index contributed by atoms with van der Waals surface area (Å²) in [5.41, 5.74) is 3.65. The Kier molecular flexibility index (Phi) is 5.57. The van der Waals surface area contributed by atoms with E-state index in [1.54, 1.807) is 12.1 Å². The molecule has 0 saturated carbocycles. The van der Waals surface area contributed by atoms with Crippen molar-refractivity contribution in [2.24, 2.45) is 0 Å². The first-order valence-electron chi connectivity index (χ1n) is 10.7. The van der Waals surface area contributed by atoms with Crippen molar-refractivity contribution < 1.29 is 4.74 Å². The van der Waals surface area contributed by atoms with Crippen LogP contribution in [0.1, 0.15) is 36.4 Å². The van der Waals surface area contributed by atoms with Crippen LogP contribution in [-0.4, -0.2) is 45.7 Å². The molecule has 2 aromatic carbocycles. The average molecular weight is 412 g/mol. The lowest BCUT2D eigenvalue weighted by Crippen LogP contribution is -2.52. The summed E-state index contributed by atoms with van der Waals surface area (Å²) in [6, 6.07) is 19.0. The summed E-state index contributed by atoms with van der Waals surface area (Å²) in [7, 11) is 0. The summed E-state index contributed by atoms with van der Waals surface area (Å²) in [6.07, 6.45) is 5.22. The van der Waals surface area contributed by atoms with Crippen LogP contribution in [0, 0.1) is 11.3 Å². The molecule has 0 aliphatic carbocycles. The quantitative estimate of drug-likeness (QED) is 0.676. The van der Waals surface area contributed by atoms with Crippen LogP contribution in [-0.2, 0) is 4.74 Å². The van der Waals surface area contributed by atoms with Crippen LogP contribution in [0.25, 0.3) is 11.4 Å². The van der Waals surface area contributed by atoms with Gasteiger partial charge in [-0.3, -0.25) is 4.90 Å². The second-order valence-electron chi connectivity index (χ2n) is 8.01. The van der Waals surface area contributed by atoms with Crippen LogP contribution < -0.4 is 5.32 Å². The van der Waals surface area contributed by atoms with Gasteiger partial charge in [0, 0.05) is 17.3 Å². The molecule has 7 nitrogen and oxygen atoms in total. The third-order valence-corrected chi connectivity index (χ3v) is 6.01. The van der Waals surface area contributed by atoms with Crippen molar-refractivity contribution in [3.63, 3.8) is 0 Å². The molecular formula is C24H24N6O. The number of benzene rings is 2. The summed E-state index contributed by atoms with van der Waals surface area (Å²) < 4.78 is 5.43. The minimum atomic E-state index is 0.466. The van der Waals surface area contributed by atoms with Crippen molar-refractivity contribution in [1.82, 2.24) is 19.9 Å². The highest BCUT2D eigenvalue weighted by Crippen LogP contribution is 2.34. The van der Waals surface area contributed by atoms with E-state index in [9.17, 15) is 0 Å². The van der Waals surface area contributed by atoms with Crippen LogP contribution in [0.4, 0.5) is 11.6 Å². The Morgan fingerprint density at radius 1 is 1.06 bits per heavy atom. The molecule has 0 spiro atoms. The van der Waals surface area contributed by atoms with Crippen molar-refractivity contribution in [3.8, 4) is 17.5 Å². The summed E-state index contributed by atoms with van der Waals surface area (Å²) in [4.78, 5) is 15.6. The Labute approximate surface area is 181 Å². The fourth-order valence-electron chi connectivity index (χ4n) is 4.30. The van der Waals surface area contributed by atoms with Gasteiger partial charge in [0.1, 0.15) is 6.33 Å². The summed E-state index contributed by atoms with van der Waals surface area (Å²) in [5.74, 6) is 1.01. The molecule has 1 unspecified atom stereocenters. The van der Waals surface area contributed by atoms with Crippen molar-refractivity contribution in [3.05, 3.63) is 66.0 Å². The maximum Gasteiger partial charge on any atom is 0.230 e. The number of nitrogens with one attached hydrogen (secondary N) is 1. The first-order valence-corrected chi connectivity index (χ1v) is 10.7. The van der Waals surface area contributed by atoms with Gasteiger partial charge in [-0.2, -0.15) is 10.2 Å². The number of piperidine rings is 1. The smallest absolute Gasteiger partial charge is 0.230 e. The third-order valence-electron chi connectivity index (χ3n) is 6.01. The molecule has 0 radical (unpaired) electrons. The standard InChI is InChI=1S/C24H24N6O/c25-13-17-4-3-5-19(12-17)23-26-16-27-24(29-23)28-20-9-7-18(8-10-20)22-6-1-2-11-30(22)21-14-31-15-21/h3-5,7-10,12,16,21-22H,1-2,6,11,14-15H2,(H,26,27,28,29). The van der Waals surface area contributed by atoms with Crippen molar-refractivity contribution in [2.75, 3.05) is 25.1 Å². The topological polar surface area (TPSA) is 87.0 Å². The predicted octanol–water partition coefficient (Wildman–Crippen LogP) is 4.08. The number of nitriles is 1. The minimum absolute atomic E-state index is 0.466. The van der Waals surface area contributed by atoms with E-state index in [0.717, 1.165) is 31.0 Å². The number of rotatable bonds is 5. The maximum absolute atomic E-state index is 9.11. The predicted molar refractivity (Wildman–Crippen MR) is 118 cm³/mol. The highest BCUT2D eigenvalue weighted by Gasteiger charge is 2.33. The maximum atomic E-state index is 9.11. The number of aromatic nitrogens is 3. The van der Waals surface area contributed by atoms with E-state index >= 15 is 0 Å². The molecule has 0 bridgehead atoms. The zero-order valence-electron chi connectivity index (χ0n) is 17.2. The van der Waals surface area contributed by atoms with Crippen LogP contribution in [0.5, 0.6) is 0 Å². The van der Waals surface area contributed by atoms with E-state index in [4.69, 9.17) is 10.00 Å². The normalized spacial score (nSPS) is 19.4. The minimum Gasteiger partial charge on any atom is -0.378 e.